The maximum absolute atomic E-state index is 5.03. The molecule has 2 aromatic rings. The number of oxazole rings is 1. The van der Waals surface area contributed by atoms with Crippen molar-refractivity contribution in [3.63, 3.8) is 0 Å². The number of ether oxygens (including phenoxy) is 1. The maximum atomic E-state index is 5.03. The summed E-state index contributed by atoms with van der Waals surface area (Å²) in [5, 5.41) is 0. The van der Waals surface area contributed by atoms with Gasteiger partial charge in [-0.05, 0) is 0 Å². The van der Waals surface area contributed by atoms with E-state index in [4.69, 9.17) is 9.15 Å². The second-order valence-electron chi connectivity index (χ2n) is 2.57. The Morgan fingerprint density at radius 1 is 1.23 bits per heavy atom. The minimum atomic E-state index is 0.291. The largest absolute Gasteiger partial charge is 0.454 e. The number of benzene rings is 1. The summed E-state index contributed by atoms with van der Waals surface area (Å²) in [6, 6.07) is 9.81. The van der Waals surface area contributed by atoms with Crippen LogP contribution in [0.25, 0.3) is 11.3 Å². The summed E-state index contributed by atoms with van der Waals surface area (Å²) in [5.74, 6) is 0. The molecule has 1 heterocycles. The highest BCUT2D eigenvalue weighted by Gasteiger charge is 2.04. The van der Waals surface area contributed by atoms with E-state index in [1.54, 1.807) is 6.26 Å². The summed E-state index contributed by atoms with van der Waals surface area (Å²) in [7, 11) is 1.53. The first kappa shape index (κ1) is 7.86. The summed E-state index contributed by atoms with van der Waals surface area (Å²) in [6.07, 6.45) is 1.87. The predicted molar refractivity (Wildman–Crippen MR) is 48.5 cm³/mol. The first-order chi connectivity index (χ1) is 6.40. The highest BCUT2D eigenvalue weighted by molar-refractivity contribution is 5.57. The zero-order valence-corrected chi connectivity index (χ0v) is 7.23. The van der Waals surface area contributed by atoms with Crippen molar-refractivity contribution < 1.29 is 9.15 Å². The molecule has 0 spiro atoms. The van der Waals surface area contributed by atoms with Crippen molar-refractivity contribution in [2.75, 3.05) is 7.11 Å². The van der Waals surface area contributed by atoms with Crippen LogP contribution >= 0.6 is 0 Å². The topological polar surface area (TPSA) is 35.3 Å². The van der Waals surface area contributed by atoms with E-state index in [1.807, 2.05) is 30.3 Å². The van der Waals surface area contributed by atoms with E-state index in [0.29, 0.717) is 6.08 Å². The van der Waals surface area contributed by atoms with Gasteiger partial charge in [0.1, 0.15) is 12.0 Å². The van der Waals surface area contributed by atoms with E-state index >= 15 is 0 Å². The van der Waals surface area contributed by atoms with Crippen LogP contribution < -0.4 is 4.74 Å². The lowest BCUT2D eigenvalue weighted by Crippen LogP contribution is -1.81. The third-order valence-electron chi connectivity index (χ3n) is 1.73. The van der Waals surface area contributed by atoms with Crippen molar-refractivity contribution in [1.82, 2.24) is 4.98 Å². The molecule has 3 heteroatoms. The molecule has 0 radical (unpaired) electrons. The molecule has 0 atom stereocenters. The molecule has 66 valence electrons. The van der Waals surface area contributed by atoms with Gasteiger partial charge >= 0.3 is 6.08 Å². The molecule has 13 heavy (non-hydrogen) atoms. The smallest absolute Gasteiger partial charge is 0.393 e. The third-order valence-corrected chi connectivity index (χ3v) is 1.73. The second-order valence-corrected chi connectivity index (χ2v) is 2.57. The Balaban J connectivity index is 2.36. The standard InChI is InChI=1S/C10H9NO2/c1-12-10-11-9(7-13-10)8-5-3-2-4-6-8/h2-7H,1H3. The van der Waals surface area contributed by atoms with Crippen LogP contribution in [0.3, 0.4) is 0 Å². The number of aromatic nitrogens is 1. The minimum absolute atomic E-state index is 0.291. The van der Waals surface area contributed by atoms with Crippen molar-refractivity contribution in [3.8, 4) is 17.3 Å². The molecule has 1 aromatic carbocycles. The molecular formula is C10H9NO2. The van der Waals surface area contributed by atoms with Crippen LogP contribution in [0.4, 0.5) is 0 Å². The lowest BCUT2D eigenvalue weighted by atomic mass is 10.2. The fourth-order valence-corrected chi connectivity index (χ4v) is 1.09. The number of rotatable bonds is 2. The Kier molecular flexibility index (Phi) is 2.00. The SMILES string of the molecule is COc1nc(-c2ccccc2)co1. The molecule has 0 fully saturated rings. The van der Waals surface area contributed by atoms with Gasteiger partial charge in [0, 0.05) is 5.56 Å². The fourth-order valence-electron chi connectivity index (χ4n) is 1.09. The maximum Gasteiger partial charge on any atom is 0.393 e. The van der Waals surface area contributed by atoms with Gasteiger partial charge in [0.05, 0.1) is 7.11 Å². The average Bonchev–Trinajstić information content (AvgIpc) is 2.67. The van der Waals surface area contributed by atoms with E-state index < -0.39 is 0 Å². The Hall–Kier alpha value is -1.77. The van der Waals surface area contributed by atoms with Crippen molar-refractivity contribution in [3.05, 3.63) is 36.6 Å². The number of nitrogens with zero attached hydrogens (tertiary/aromatic N) is 1. The molecule has 0 bridgehead atoms. The lowest BCUT2D eigenvalue weighted by Gasteiger charge is -1.91. The van der Waals surface area contributed by atoms with Crippen LogP contribution in [0.5, 0.6) is 6.08 Å². The quantitative estimate of drug-likeness (QED) is 0.702. The van der Waals surface area contributed by atoms with E-state index in [1.165, 1.54) is 7.11 Å². The molecule has 0 amide bonds. The third kappa shape index (κ3) is 1.54. The molecule has 0 saturated carbocycles. The van der Waals surface area contributed by atoms with Crippen molar-refractivity contribution >= 4 is 0 Å². The summed E-state index contributed by atoms with van der Waals surface area (Å²) >= 11 is 0. The summed E-state index contributed by atoms with van der Waals surface area (Å²) in [4.78, 5) is 4.11. The van der Waals surface area contributed by atoms with Gasteiger partial charge in [0.2, 0.25) is 0 Å². The van der Waals surface area contributed by atoms with Gasteiger partial charge in [0.25, 0.3) is 0 Å². The number of hydrogen-bond donors (Lipinski definition) is 0. The minimum Gasteiger partial charge on any atom is -0.454 e. The van der Waals surface area contributed by atoms with Gasteiger partial charge in [-0.15, -0.1) is 0 Å². The normalized spacial score (nSPS) is 9.92. The molecular weight excluding hydrogens is 166 g/mol. The molecule has 1 aromatic heterocycles. The van der Waals surface area contributed by atoms with Crippen molar-refractivity contribution in [2.45, 2.75) is 0 Å². The molecule has 3 nitrogen and oxygen atoms in total. The van der Waals surface area contributed by atoms with Crippen LogP contribution in [0, 0.1) is 0 Å². The van der Waals surface area contributed by atoms with Crippen LogP contribution in [0.15, 0.2) is 41.0 Å². The fraction of sp³-hybridized carbons (Fsp3) is 0.100. The van der Waals surface area contributed by atoms with Crippen LogP contribution in [0.1, 0.15) is 0 Å². The molecule has 0 aliphatic heterocycles. The van der Waals surface area contributed by atoms with Gasteiger partial charge in [-0.3, -0.25) is 0 Å². The molecule has 0 N–H and O–H groups in total. The van der Waals surface area contributed by atoms with Gasteiger partial charge < -0.3 is 9.15 Å². The summed E-state index contributed by atoms with van der Waals surface area (Å²) in [6.45, 7) is 0. The van der Waals surface area contributed by atoms with Crippen LogP contribution in [0.2, 0.25) is 0 Å². The highest BCUT2D eigenvalue weighted by atomic mass is 16.6. The number of hydrogen-bond acceptors (Lipinski definition) is 3. The Bertz CT molecular complexity index is 381. The average molecular weight is 175 g/mol. The Labute approximate surface area is 76.0 Å². The molecule has 2 rings (SSSR count). The van der Waals surface area contributed by atoms with E-state index in [2.05, 4.69) is 4.98 Å². The predicted octanol–water partition coefficient (Wildman–Crippen LogP) is 2.35. The monoisotopic (exact) mass is 175 g/mol. The molecule has 0 saturated heterocycles. The van der Waals surface area contributed by atoms with Crippen LogP contribution in [-0.4, -0.2) is 12.1 Å². The highest BCUT2D eigenvalue weighted by Crippen LogP contribution is 2.20. The van der Waals surface area contributed by atoms with Gasteiger partial charge in [-0.2, -0.15) is 4.98 Å². The molecule has 0 aliphatic rings. The number of methoxy groups -OCH3 is 1. The van der Waals surface area contributed by atoms with Gasteiger partial charge in [0.15, 0.2) is 0 Å². The van der Waals surface area contributed by atoms with Crippen molar-refractivity contribution in [2.24, 2.45) is 0 Å². The van der Waals surface area contributed by atoms with Crippen LogP contribution in [-0.2, 0) is 0 Å². The van der Waals surface area contributed by atoms with Gasteiger partial charge in [-0.25, -0.2) is 0 Å². The Morgan fingerprint density at radius 3 is 2.62 bits per heavy atom. The lowest BCUT2D eigenvalue weighted by molar-refractivity contribution is 0.290. The zero-order valence-electron chi connectivity index (χ0n) is 7.23. The first-order valence-corrected chi connectivity index (χ1v) is 3.95. The first-order valence-electron chi connectivity index (χ1n) is 3.95. The van der Waals surface area contributed by atoms with E-state index in [9.17, 15) is 0 Å². The summed E-state index contributed by atoms with van der Waals surface area (Å²) in [5.41, 5.74) is 1.81. The zero-order chi connectivity index (χ0) is 9.10. The van der Waals surface area contributed by atoms with Gasteiger partial charge in [-0.1, -0.05) is 30.3 Å². The second kappa shape index (κ2) is 3.31. The van der Waals surface area contributed by atoms with E-state index in [-0.39, 0.29) is 0 Å². The molecule has 0 aliphatic carbocycles. The Morgan fingerprint density at radius 2 is 2.00 bits per heavy atom. The summed E-state index contributed by atoms with van der Waals surface area (Å²) < 4.78 is 9.87. The molecule has 0 unspecified atom stereocenters. The van der Waals surface area contributed by atoms with Crippen molar-refractivity contribution in [1.29, 1.82) is 0 Å². The van der Waals surface area contributed by atoms with E-state index in [0.717, 1.165) is 11.3 Å².